The van der Waals surface area contributed by atoms with E-state index in [2.05, 4.69) is 5.43 Å². The molecule has 4 aromatic carbocycles. The van der Waals surface area contributed by atoms with E-state index in [9.17, 15) is 50.2 Å². The van der Waals surface area contributed by atoms with Gasteiger partial charge in [-0.2, -0.15) is 31.4 Å². The molecule has 2 aliphatic heterocycles. The van der Waals surface area contributed by atoms with Crippen molar-refractivity contribution in [1.29, 1.82) is 0 Å². The largest absolute Gasteiger partial charge is 0.502 e. The predicted octanol–water partition coefficient (Wildman–Crippen LogP) is 8.97. The van der Waals surface area contributed by atoms with Crippen molar-refractivity contribution in [3.63, 3.8) is 0 Å². The molecule has 10 nitrogen and oxygen atoms in total. The number of hydrazine groups is 1. The van der Waals surface area contributed by atoms with Crippen LogP contribution < -0.4 is 19.8 Å². The Bertz CT molecular complexity index is 2520. The highest BCUT2D eigenvalue weighted by atomic mass is 35.5. The number of anilines is 2. The lowest BCUT2D eigenvalue weighted by Gasteiger charge is -2.49. The minimum absolute atomic E-state index is 0.0239. The van der Waals surface area contributed by atoms with Gasteiger partial charge < -0.3 is 14.6 Å². The Morgan fingerprint density at radius 1 is 0.806 bits per heavy atom. The highest BCUT2D eigenvalue weighted by molar-refractivity contribution is 6.30. The zero-order valence-corrected chi connectivity index (χ0v) is 33.1. The summed E-state index contributed by atoms with van der Waals surface area (Å²) in [6, 6.07) is 14.5. The first-order valence-corrected chi connectivity index (χ1v) is 19.3. The number of hydrogen-bond acceptors (Lipinski definition) is 8. The molecule has 8 rings (SSSR count). The fourth-order valence-electron chi connectivity index (χ4n) is 9.44. The third-order valence-corrected chi connectivity index (χ3v) is 12.4. The molecule has 0 bridgehead atoms. The van der Waals surface area contributed by atoms with Gasteiger partial charge in [0, 0.05) is 10.9 Å². The summed E-state index contributed by atoms with van der Waals surface area (Å²) >= 11 is 6.31. The third kappa shape index (κ3) is 6.82. The van der Waals surface area contributed by atoms with Gasteiger partial charge >= 0.3 is 12.4 Å². The van der Waals surface area contributed by atoms with Gasteiger partial charge in [0.15, 0.2) is 11.5 Å². The number of nitrogens with one attached hydrogen (secondary N) is 1. The lowest BCUT2D eigenvalue weighted by Crippen LogP contribution is -2.54. The Hall–Kier alpha value is -6.36. The lowest BCUT2D eigenvalue weighted by molar-refractivity contribution is -0.143. The fraction of sp³-hybridized carbons (Fsp3) is 0.273. The fourth-order valence-corrected chi connectivity index (χ4v) is 9.57. The molecule has 2 heterocycles. The number of fused-ring (bicyclic) bond motifs is 4. The molecule has 2 saturated heterocycles. The van der Waals surface area contributed by atoms with Crippen molar-refractivity contribution in [2.45, 2.75) is 30.6 Å². The zero-order valence-electron chi connectivity index (χ0n) is 32.4. The lowest BCUT2D eigenvalue weighted by atomic mass is 9.50. The van der Waals surface area contributed by atoms with Crippen LogP contribution in [0.3, 0.4) is 0 Å². The number of benzene rings is 4. The molecule has 18 heteroatoms. The predicted molar refractivity (Wildman–Crippen MR) is 209 cm³/mol. The topological polar surface area (TPSA) is 125 Å². The van der Waals surface area contributed by atoms with E-state index in [1.807, 2.05) is 0 Å². The Morgan fingerprint density at radius 2 is 1.40 bits per heavy atom. The molecule has 0 aromatic heterocycles. The smallest absolute Gasteiger partial charge is 0.416 e. The number of allylic oxidation sites excluding steroid dienone is 3. The third-order valence-electron chi connectivity index (χ3n) is 12.1. The summed E-state index contributed by atoms with van der Waals surface area (Å²) < 4.78 is 108. The number of aromatic hydroxyl groups is 1. The Balaban J connectivity index is 1.30. The number of phenolic OH excluding ortho intramolecular Hbond substituents is 1. The maximum absolute atomic E-state index is 15.3. The number of ether oxygens (including phenoxy) is 2. The summed E-state index contributed by atoms with van der Waals surface area (Å²) in [5.41, 5.74) is -2.10. The minimum atomic E-state index is -5.27. The van der Waals surface area contributed by atoms with E-state index in [0.717, 1.165) is 17.1 Å². The van der Waals surface area contributed by atoms with Crippen LogP contribution >= 0.6 is 11.6 Å². The van der Waals surface area contributed by atoms with E-state index in [1.54, 1.807) is 30.4 Å². The molecule has 0 unspecified atom stereocenters. The van der Waals surface area contributed by atoms with E-state index in [1.165, 1.54) is 50.6 Å². The molecule has 322 valence electrons. The Morgan fingerprint density at radius 3 is 1.97 bits per heavy atom. The highest BCUT2D eigenvalue weighted by Crippen LogP contribution is 2.62. The molecule has 2 aliphatic carbocycles. The van der Waals surface area contributed by atoms with E-state index >= 15 is 4.79 Å². The summed E-state index contributed by atoms with van der Waals surface area (Å²) in [7, 11) is 2.63. The number of amides is 4. The van der Waals surface area contributed by atoms with Gasteiger partial charge in [-0.05, 0) is 96.6 Å². The number of hydrogen-bond donors (Lipinski definition) is 2. The number of phenols is 1. The molecule has 4 amide bonds. The second kappa shape index (κ2) is 15.2. The maximum atomic E-state index is 15.3. The van der Waals surface area contributed by atoms with Crippen molar-refractivity contribution < 1.29 is 64.5 Å². The number of carbonyl (C=O) groups is 4. The summed E-state index contributed by atoms with van der Waals surface area (Å²) in [6.07, 6.45) is -6.20. The number of alkyl halides is 6. The summed E-state index contributed by atoms with van der Waals surface area (Å²) in [6.45, 7) is 0. The average molecular weight is 884 g/mol. The number of halogens is 8. The number of rotatable bonds is 8. The zero-order chi connectivity index (χ0) is 44.6. The Kier molecular flexibility index (Phi) is 10.4. The van der Waals surface area contributed by atoms with Gasteiger partial charge in [-0.15, -0.1) is 0 Å². The van der Waals surface area contributed by atoms with E-state index < -0.39 is 93.6 Å². The Labute approximate surface area is 353 Å². The molecule has 1 saturated carbocycles. The van der Waals surface area contributed by atoms with Crippen LogP contribution in [0.2, 0.25) is 5.02 Å². The van der Waals surface area contributed by atoms with Crippen molar-refractivity contribution in [3.05, 3.63) is 130 Å². The summed E-state index contributed by atoms with van der Waals surface area (Å²) in [5, 5.41) is 11.7. The van der Waals surface area contributed by atoms with Crippen LogP contribution in [-0.2, 0) is 36.9 Å². The van der Waals surface area contributed by atoms with Gasteiger partial charge in [-0.3, -0.25) is 24.6 Å². The minimum Gasteiger partial charge on any atom is -0.502 e. The molecular weight excluding hydrogens is 851 g/mol. The van der Waals surface area contributed by atoms with Crippen LogP contribution in [0, 0.1) is 35.4 Å². The van der Waals surface area contributed by atoms with Crippen LogP contribution in [0.25, 0.3) is 6.08 Å². The van der Waals surface area contributed by atoms with Gasteiger partial charge in [0.25, 0.3) is 11.8 Å². The maximum Gasteiger partial charge on any atom is 0.416 e. The van der Waals surface area contributed by atoms with Gasteiger partial charge in [0.05, 0.1) is 59.9 Å². The normalized spacial score (nSPS) is 24.9. The van der Waals surface area contributed by atoms with E-state index in [-0.39, 0.29) is 41.8 Å². The molecule has 4 aliphatic rings. The van der Waals surface area contributed by atoms with Crippen LogP contribution in [0.4, 0.5) is 42.1 Å². The molecule has 3 fully saturated rings. The quantitative estimate of drug-likeness (QED) is 0.102. The molecule has 0 radical (unpaired) electrons. The van der Waals surface area contributed by atoms with Crippen molar-refractivity contribution in [3.8, 4) is 17.2 Å². The number of methoxy groups -OCH3 is 2. The first kappa shape index (κ1) is 42.3. The van der Waals surface area contributed by atoms with Crippen molar-refractivity contribution in [2.75, 3.05) is 24.5 Å². The SMILES string of the molecule is COc1cc(C=C[C@H]2C3=CC[C@@H]4C(=O)N(c5cc(C(F)(F)F)cc(C(F)(F)F)c5)C(=O)[C@@H]4[C@@H]3C[C@H]3C(=O)N(Nc4ccc(F)cc4)C(=O)[C@@]23c2ccc(Cl)cc2)cc(OC)c1O. The monoisotopic (exact) mass is 883 g/mol. The van der Waals surface area contributed by atoms with Crippen LogP contribution in [0.1, 0.15) is 35.1 Å². The number of nitrogens with zero attached hydrogens (tertiary/aromatic N) is 2. The summed E-state index contributed by atoms with van der Waals surface area (Å²) in [5.74, 6) is -10.6. The van der Waals surface area contributed by atoms with E-state index in [0.29, 0.717) is 38.8 Å². The van der Waals surface area contributed by atoms with Crippen LogP contribution in [0.15, 0.2) is 96.6 Å². The molecule has 0 spiro atoms. The van der Waals surface area contributed by atoms with Crippen molar-refractivity contribution >= 4 is 52.7 Å². The molecule has 6 atom stereocenters. The number of imide groups is 2. The van der Waals surface area contributed by atoms with Crippen molar-refractivity contribution in [1.82, 2.24) is 5.01 Å². The van der Waals surface area contributed by atoms with Gasteiger partial charge in [0.1, 0.15) is 5.82 Å². The first-order chi connectivity index (χ1) is 29.3. The van der Waals surface area contributed by atoms with E-state index in [4.69, 9.17) is 21.1 Å². The first-order valence-electron chi connectivity index (χ1n) is 19.0. The van der Waals surface area contributed by atoms with Crippen molar-refractivity contribution in [2.24, 2.45) is 29.6 Å². The van der Waals surface area contributed by atoms with Gasteiger partial charge in [-0.1, -0.05) is 47.5 Å². The van der Waals surface area contributed by atoms with Crippen LogP contribution in [0.5, 0.6) is 17.2 Å². The molecule has 4 aromatic rings. The van der Waals surface area contributed by atoms with Gasteiger partial charge in [-0.25, -0.2) is 9.29 Å². The second-order valence-electron chi connectivity index (χ2n) is 15.3. The molecular formula is C44H33ClF7N3O7. The second-order valence-corrected chi connectivity index (χ2v) is 15.8. The molecule has 2 N–H and O–H groups in total. The number of carbonyl (C=O) groups excluding carboxylic acids is 4. The standard InChI is InChI=1S/C44H33ClF7N3O7/c1-61-34-15-21(16-35(62-2)37(34)56)3-14-32-29-12-13-30-36(40(59)54(38(30)57)28-18-23(43(47,48)49)17-24(19-28)44(50,51)52)31(29)20-33-39(58)55(53-27-10-8-26(46)9-11-27)41(60)42(32,33)22-4-6-25(45)7-5-22/h3-12,14-19,30-33,36,53,56H,13,20H2,1-2H3/t30-,31+,32-,33-,36-,42-/m0/s1. The average Bonchev–Trinajstić information content (AvgIpc) is 3.61. The van der Waals surface area contributed by atoms with Gasteiger partial charge in [0.2, 0.25) is 17.6 Å². The van der Waals surface area contributed by atoms with Crippen LogP contribution in [-0.4, -0.2) is 48.0 Å². The highest BCUT2D eigenvalue weighted by Gasteiger charge is 2.69. The summed E-state index contributed by atoms with van der Waals surface area (Å²) in [4.78, 5) is 59.1. The molecule has 62 heavy (non-hydrogen) atoms.